The van der Waals surface area contributed by atoms with Crippen molar-refractivity contribution in [3.05, 3.63) is 29.0 Å². The van der Waals surface area contributed by atoms with Gasteiger partial charge in [-0.15, -0.1) is 0 Å². The first-order valence-electron chi connectivity index (χ1n) is 7.60. The van der Waals surface area contributed by atoms with Gasteiger partial charge in [0, 0.05) is 12.1 Å². The van der Waals surface area contributed by atoms with Crippen LogP contribution in [0.3, 0.4) is 0 Å². The molecule has 0 atom stereocenters. The van der Waals surface area contributed by atoms with Crippen LogP contribution in [0.15, 0.2) is 18.2 Å². The van der Waals surface area contributed by atoms with E-state index in [1.54, 1.807) is 0 Å². The Bertz CT molecular complexity index is 547. The van der Waals surface area contributed by atoms with Crippen LogP contribution >= 0.6 is 23.8 Å². The molecule has 1 aromatic rings. The first kappa shape index (κ1) is 17.2. The third kappa shape index (κ3) is 5.54. The predicted octanol–water partition coefficient (Wildman–Crippen LogP) is 4.65. The number of anilines is 1. The summed E-state index contributed by atoms with van der Waals surface area (Å²) >= 11 is 10.8. The van der Waals surface area contributed by atoms with Gasteiger partial charge in [0.25, 0.3) is 0 Å². The van der Waals surface area contributed by atoms with Crippen molar-refractivity contribution in [1.82, 2.24) is 5.32 Å². The molecule has 22 heavy (non-hydrogen) atoms. The fourth-order valence-corrected chi connectivity index (χ4v) is 3.15. The Morgan fingerprint density at radius 1 is 1.32 bits per heavy atom. The molecular weight excluding hydrogens is 323 g/mol. The lowest BCUT2D eigenvalue weighted by Gasteiger charge is -2.21. The molecule has 1 amide bonds. The van der Waals surface area contributed by atoms with E-state index in [-0.39, 0.29) is 16.0 Å². The van der Waals surface area contributed by atoms with Crippen molar-refractivity contribution in [2.75, 3.05) is 5.32 Å². The first-order valence-corrected chi connectivity index (χ1v) is 8.39. The van der Waals surface area contributed by atoms with Gasteiger partial charge in [-0.2, -0.15) is 0 Å². The van der Waals surface area contributed by atoms with Crippen LogP contribution in [0.2, 0.25) is 5.02 Å². The number of benzene rings is 1. The number of rotatable bonds is 4. The minimum Gasteiger partial charge on any atom is -0.332 e. The van der Waals surface area contributed by atoms with Crippen molar-refractivity contribution in [1.29, 1.82) is 0 Å². The minimum absolute atomic E-state index is 0.0106. The molecular formula is C16H20ClFN2OS. The minimum atomic E-state index is -0.491. The Balaban J connectivity index is 1.73. The molecule has 120 valence electrons. The zero-order valence-corrected chi connectivity index (χ0v) is 13.9. The second kappa shape index (κ2) is 8.44. The largest absolute Gasteiger partial charge is 0.332 e. The van der Waals surface area contributed by atoms with Gasteiger partial charge in [0.2, 0.25) is 5.91 Å². The maximum absolute atomic E-state index is 13.1. The van der Waals surface area contributed by atoms with Crippen LogP contribution in [0.5, 0.6) is 0 Å². The van der Waals surface area contributed by atoms with E-state index in [0.29, 0.717) is 18.0 Å². The highest BCUT2D eigenvalue weighted by molar-refractivity contribution is 7.80. The molecule has 0 bridgehead atoms. The van der Waals surface area contributed by atoms with Crippen LogP contribution in [0.25, 0.3) is 0 Å². The molecule has 0 saturated heterocycles. The van der Waals surface area contributed by atoms with Gasteiger partial charge in [0.15, 0.2) is 5.11 Å². The number of hydrogen-bond acceptors (Lipinski definition) is 2. The second-order valence-electron chi connectivity index (χ2n) is 5.67. The topological polar surface area (TPSA) is 41.1 Å². The van der Waals surface area contributed by atoms with Crippen molar-refractivity contribution < 1.29 is 9.18 Å². The predicted molar refractivity (Wildman–Crippen MR) is 91.6 cm³/mol. The summed E-state index contributed by atoms with van der Waals surface area (Å²) in [5.74, 6) is 0.0860. The Hall–Kier alpha value is -1.20. The number of carbonyl (C=O) groups is 1. The summed E-state index contributed by atoms with van der Waals surface area (Å²) in [6.07, 6.45) is 7.72. The fraction of sp³-hybridized carbons (Fsp3) is 0.500. The molecule has 2 N–H and O–H groups in total. The summed E-state index contributed by atoms with van der Waals surface area (Å²) in [6.45, 7) is 0. The zero-order valence-electron chi connectivity index (χ0n) is 12.3. The molecule has 0 spiro atoms. The average molecular weight is 343 g/mol. The summed E-state index contributed by atoms with van der Waals surface area (Å²) in [6, 6.07) is 4.19. The van der Waals surface area contributed by atoms with Gasteiger partial charge >= 0.3 is 0 Å². The maximum Gasteiger partial charge on any atom is 0.226 e. The molecule has 2 rings (SSSR count). The lowest BCUT2D eigenvalue weighted by atomic mass is 9.86. The molecule has 1 fully saturated rings. The number of amides is 1. The van der Waals surface area contributed by atoms with E-state index in [0.717, 1.165) is 6.42 Å². The number of hydrogen-bond donors (Lipinski definition) is 2. The van der Waals surface area contributed by atoms with E-state index in [1.807, 2.05) is 0 Å². The highest BCUT2D eigenvalue weighted by atomic mass is 35.5. The third-order valence-corrected chi connectivity index (χ3v) is 4.43. The molecule has 1 aromatic carbocycles. The Morgan fingerprint density at radius 2 is 2.05 bits per heavy atom. The van der Waals surface area contributed by atoms with Gasteiger partial charge in [-0.25, -0.2) is 4.39 Å². The van der Waals surface area contributed by atoms with Crippen molar-refractivity contribution in [2.24, 2.45) is 5.92 Å². The molecule has 1 saturated carbocycles. The molecule has 0 heterocycles. The van der Waals surface area contributed by atoms with E-state index in [1.165, 1.54) is 50.3 Å². The third-order valence-electron chi connectivity index (χ3n) is 3.93. The van der Waals surface area contributed by atoms with Crippen molar-refractivity contribution in [3.63, 3.8) is 0 Å². The quantitative estimate of drug-likeness (QED) is 0.782. The lowest BCUT2D eigenvalue weighted by Crippen LogP contribution is -2.34. The lowest BCUT2D eigenvalue weighted by molar-refractivity contribution is -0.120. The van der Waals surface area contributed by atoms with E-state index in [4.69, 9.17) is 23.8 Å². The fourth-order valence-electron chi connectivity index (χ4n) is 2.74. The summed E-state index contributed by atoms with van der Waals surface area (Å²) in [5, 5.41) is 5.69. The van der Waals surface area contributed by atoms with Gasteiger partial charge < -0.3 is 10.6 Å². The highest BCUT2D eigenvalue weighted by Gasteiger charge is 2.15. The molecule has 1 aliphatic carbocycles. The highest BCUT2D eigenvalue weighted by Crippen LogP contribution is 2.27. The Kier molecular flexibility index (Phi) is 6.58. The molecule has 0 radical (unpaired) electrons. The second-order valence-corrected chi connectivity index (χ2v) is 6.49. The van der Waals surface area contributed by atoms with Crippen LogP contribution in [-0.4, -0.2) is 11.0 Å². The molecule has 0 unspecified atom stereocenters. The van der Waals surface area contributed by atoms with Crippen LogP contribution in [-0.2, 0) is 4.79 Å². The number of thiocarbonyl (C=S) groups is 1. The van der Waals surface area contributed by atoms with Crippen LogP contribution < -0.4 is 10.6 Å². The maximum atomic E-state index is 13.1. The van der Waals surface area contributed by atoms with Crippen molar-refractivity contribution >= 4 is 40.5 Å². The van der Waals surface area contributed by atoms with Crippen LogP contribution in [0.1, 0.15) is 44.9 Å². The molecule has 3 nitrogen and oxygen atoms in total. The van der Waals surface area contributed by atoms with Gasteiger partial charge in [0.05, 0.1) is 5.02 Å². The number of halogens is 2. The van der Waals surface area contributed by atoms with Crippen LogP contribution in [0.4, 0.5) is 10.1 Å². The monoisotopic (exact) mass is 342 g/mol. The standard InChI is InChI=1S/C16H20ClFN2OS/c17-13-10-12(7-8-14(13)18)19-16(22)20-15(21)9-6-11-4-2-1-3-5-11/h7-8,10-11H,1-6,9H2,(H2,19,20,21,22). The van der Waals surface area contributed by atoms with Gasteiger partial charge in [-0.3, -0.25) is 4.79 Å². The molecule has 0 aromatic heterocycles. The van der Waals surface area contributed by atoms with E-state index >= 15 is 0 Å². The summed E-state index contributed by atoms with van der Waals surface area (Å²) < 4.78 is 13.1. The van der Waals surface area contributed by atoms with Gasteiger partial charge in [-0.1, -0.05) is 43.7 Å². The van der Waals surface area contributed by atoms with E-state index in [2.05, 4.69) is 10.6 Å². The molecule has 6 heteroatoms. The zero-order chi connectivity index (χ0) is 15.9. The first-order chi connectivity index (χ1) is 10.5. The molecule has 0 aliphatic heterocycles. The smallest absolute Gasteiger partial charge is 0.226 e. The van der Waals surface area contributed by atoms with E-state index in [9.17, 15) is 9.18 Å². The van der Waals surface area contributed by atoms with Gasteiger partial charge in [0.1, 0.15) is 5.82 Å². The van der Waals surface area contributed by atoms with Crippen molar-refractivity contribution in [3.8, 4) is 0 Å². The van der Waals surface area contributed by atoms with E-state index < -0.39 is 5.82 Å². The Labute approximate surface area is 140 Å². The van der Waals surface area contributed by atoms with Gasteiger partial charge in [-0.05, 0) is 42.8 Å². The SMILES string of the molecule is O=C(CCC1CCCCC1)NC(=S)Nc1ccc(F)c(Cl)c1. The Morgan fingerprint density at radius 3 is 2.73 bits per heavy atom. The molecule has 1 aliphatic rings. The normalized spacial score (nSPS) is 15.4. The number of carbonyl (C=O) groups excluding carboxylic acids is 1. The summed E-state index contributed by atoms with van der Waals surface area (Å²) in [5.41, 5.74) is 0.545. The van der Waals surface area contributed by atoms with Crippen molar-refractivity contribution in [2.45, 2.75) is 44.9 Å². The average Bonchev–Trinajstić information content (AvgIpc) is 2.50. The summed E-state index contributed by atoms with van der Waals surface area (Å²) in [4.78, 5) is 11.9. The number of nitrogens with one attached hydrogen (secondary N) is 2. The summed E-state index contributed by atoms with van der Waals surface area (Å²) in [7, 11) is 0. The van der Waals surface area contributed by atoms with Crippen LogP contribution in [0, 0.1) is 11.7 Å².